The van der Waals surface area contributed by atoms with Crippen molar-refractivity contribution in [2.45, 2.75) is 26.3 Å². The summed E-state index contributed by atoms with van der Waals surface area (Å²) in [5, 5.41) is 5.87. The maximum atomic E-state index is 11.9. The van der Waals surface area contributed by atoms with Crippen LogP contribution in [0.15, 0.2) is 24.3 Å². The average Bonchev–Trinajstić information content (AvgIpc) is 2.51. The summed E-state index contributed by atoms with van der Waals surface area (Å²) in [6.45, 7) is 6.01. The quantitative estimate of drug-likeness (QED) is 0.794. The van der Waals surface area contributed by atoms with Crippen LogP contribution >= 0.6 is 11.8 Å². The van der Waals surface area contributed by atoms with Gasteiger partial charge in [0.05, 0.1) is 0 Å². The number of thioether (sulfide) groups is 1. The van der Waals surface area contributed by atoms with E-state index in [-0.39, 0.29) is 6.03 Å². The van der Waals surface area contributed by atoms with E-state index in [1.807, 2.05) is 30.0 Å². The SMILES string of the molecule is CCCCNC(=O)Nc1ccccc1CN1CCSCC1. The standard InChI is InChI=1S/C16H25N3OS/c1-2-3-8-17-16(20)18-15-7-5-4-6-14(15)13-19-9-11-21-12-10-19/h4-7H,2-3,8-13H2,1H3,(H2,17,18,20). The Kier molecular flexibility index (Phi) is 6.89. The van der Waals surface area contributed by atoms with Crippen molar-refractivity contribution in [2.75, 3.05) is 36.5 Å². The lowest BCUT2D eigenvalue weighted by Gasteiger charge is -2.27. The van der Waals surface area contributed by atoms with Crippen molar-refractivity contribution < 1.29 is 4.79 Å². The van der Waals surface area contributed by atoms with Gasteiger partial charge in [0.15, 0.2) is 0 Å². The summed E-state index contributed by atoms with van der Waals surface area (Å²) in [6, 6.07) is 7.98. The Morgan fingerprint density at radius 3 is 2.81 bits per heavy atom. The van der Waals surface area contributed by atoms with E-state index in [1.54, 1.807) is 0 Å². The maximum absolute atomic E-state index is 11.9. The summed E-state index contributed by atoms with van der Waals surface area (Å²) in [4.78, 5) is 14.3. The summed E-state index contributed by atoms with van der Waals surface area (Å²) in [7, 11) is 0. The molecule has 2 rings (SSSR count). The highest BCUT2D eigenvalue weighted by Gasteiger charge is 2.13. The van der Waals surface area contributed by atoms with Gasteiger partial charge in [-0.2, -0.15) is 11.8 Å². The molecule has 1 aliphatic rings. The molecule has 0 bridgehead atoms. The number of benzene rings is 1. The summed E-state index contributed by atoms with van der Waals surface area (Å²) in [6.07, 6.45) is 2.10. The summed E-state index contributed by atoms with van der Waals surface area (Å²) in [5.74, 6) is 2.40. The van der Waals surface area contributed by atoms with Crippen LogP contribution in [0, 0.1) is 0 Å². The number of carbonyl (C=O) groups is 1. The second kappa shape index (κ2) is 8.95. The third-order valence-electron chi connectivity index (χ3n) is 3.58. The molecular weight excluding hydrogens is 282 g/mol. The van der Waals surface area contributed by atoms with Crippen molar-refractivity contribution in [3.05, 3.63) is 29.8 Å². The van der Waals surface area contributed by atoms with E-state index in [4.69, 9.17) is 0 Å². The van der Waals surface area contributed by atoms with Gasteiger partial charge in [-0.25, -0.2) is 4.79 Å². The number of rotatable bonds is 6. The molecule has 2 N–H and O–H groups in total. The van der Waals surface area contributed by atoms with E-state index in [2.05, 4.69) is 28.5 Å². The minimum atomic E-state index is -0.106. The van der Waals surface area contributed by atoms with Crippen LogP contribution in [0.4, 0.5) is 10.5 Å². The van der Waals surface area contributed by atoms with Crippen molar-refractivity contribution >= 4 is 23.5 Å². The Hall–Kier alpha value is -1.20. The zero-order valence-electron chi connectivity index (χ0n) is 12.7. The van der Waals surface area contributed by atoms with Gasteiger partial charge in [-0.15, -0.1) is 0 Å². The van der Waals surface area contributed by atoms with Crippen LogP contribution in [-0.2, 0) is 6.54 Å². The van der Waals surface area contributed by atoms with Crippen LogP contribution in [0.2, 0.25) is 0 Å². The van der Waals surface area contributed by atoms with Gasteiger partial charge >= 0.3 is 6.03 Å². The molecule has 5 heteroatoms. The number of hydrogen-bond donors (Lipinski definition) is 2. The Labute approximate surface area is 131 Å². The normalized spacial score (nSPS) is 15.7. The second-order valence-corrected chi connectivity index (χ2v) is 6.50. The number of anilines is 1. The largest absolute Gasteiger partial charge is 0.338 e. The number of unbranched alkanes of at least 4 members (excludes halogenated alkanes) is 1. The van der Waals surface area contributed by atoms with E-state index in [9.17, 15) is 4.79 Å². The topological polar surface area (TPSA) is 44.4 Å². The van der Waals surface area contributed by atoms with Gasteiger partial charge in [-0.1, -0.05) is 31.5 Å². The summed E-state index contributed by atoms with van der Waals surface area (Å²) in [5.41, 5.74) is 2.11. The van der Waals surface area contributed by atoms with Crippen LogP contribution in [0.1, 0.15) is 25.3 Å². The van der Waals surface area contributed by atoms with Crippen LogP contribution < -0.4 is 10.6 Å². The molecule has 1 aromatic carbocycles. The molecule has 1 saturated heterocycles. The first-order chi connectivity index (χ1) is 10.3. The van der Waals surface area contributed by atoms with Gasteiger partial charge in [-0.3, -0.25) is 4.90 Å². The second-order valence-electron chi connectivity index (χ2n) is 5.28. The number of amides is 2. The first-order valence-electron chi connectivity index (χ1n) is 7.72. The molecule has 1 aliphatic heterocycles. The predicted molar refractivity (Wildman–Crippen MR) is 91.0 cm³/mol. The molecule has 1 fully saturated rings. The molecule has 0 unspecified atom stereocenters. The third kappa shape index (κ3) is 5.59. The number of para-hydroxylation sites is 1. The van der Waals surface area contributed by atoms with Gasteiger partial charge < -0.3 is 10.6 Å². The fourth-order valence-electron chi connectivity index (χ4n) is 2.33. The molecule has 0 aliphatic carbocycles. The Morgan fingerprint density at radius 1 is 1.29 bits per heavy atom. The first-order valence-corrected chi connectivity index (χ1v) is 8.88. The zero-order valence-corrected chi connectivity index (χ0v) is 13.5. The Balaban J connectivity index is 1.91. The van der Waals surface area contributed by atoms with Crippen molar-refractivity contribution in [3.8, 4) is 0 Å². The lowest BCUT2D eigenvalue weighted by Crippen LogP contribution is -2.33. The van der Waals surface area contributed by atoms with E-state index in [1.165, 1.54) is 17.1 Å². The predicted octanol–water partition coefficient (Wildman–Crippen LogP) is 3.16. The first kappa shape index (κ1) is 16.2. The average molecular weight is 307 g/mol. The molecule has 0 saturated carbocycles. The molecule has 21 heavy (non-hydrogen) atoms. The minimum Gasteiger partial charge on any atom is -0.338 e. The van der Waals surface area contributed by atoms with Gasteiger partial charge in [0, 0.05) is 43.4 Å². The number of nitrogens with zero attached hydrogens (tertiary/aromatic N) is 1. The third-order valence-corrected chi connectivity index (χ3v) is 4.52. The highest BCUT2D eigenvalue weighted by Crippen LogP contribution is 2.19. The maximum Gasteiger partial charge on any atom is 0.319 e. The fraction of sp³-hybridized carbons (Fsp3) is 0.562. The van der Waals surface area contributed by atoms with E-state index in [0.717, 1.165) is 44.7 Å². The molecule has 1 aromatic rings. The monoisotopic (exact) mass is 307 g/mol. The Morgan fingerprint density at radius 2 is 2.05 bits per heavy atom. The van der Waals surface area contributed by atoms with Gasteiger partial charge in [0.25, 0.3) is 0 Å². The number of hydrogen-bond acceptors (Lipinski definition) is 3. The van der Waals surface area contributed by atoms with E-state index in [0.29, 0.717) is 0 Å². The van der Waals surface area contributed by atoms with Crippen LogP contribution in [-0.4, -0.2) is 42.1 Å². The lowest BCUT2D eigenvalue weighted by molar-refractivity contribution is 0.252. The van der Waals surface area contributed by atoms with Crippen LogP contribution in [0.3, 0.4) is 0 Å². The molecule has 4 nitrogen and oxygen atoms in total. The summed E-state index contributed by atoms with van der Waals surface area (Å²) >= 11 is 2.01. The molecule has 116 valence electrons. The van der Waals surface area contributed by atoms with Crippen LogP contribution in [0.25, 0.3) is 0 Å². The minimum absolute atomic E-state index is 0.106. The van der Waals surface area contributed by atoms with Gasteiger partial charge in [0.2, 0.25) is 0 Å². The number of urea groups is 1. The highest BCUT2D eigenvalue weighted by atomic mass is 32.2. The molecule has 0 atom stereocenters. The Bertz CT molecular complexity index is 447. The summed E-state index contributed by atoms with van der Waals surface area (Å²) < 4.78 is 0. The highest BCUT2D eigenvalue weighted by molar-refractivity contribution is 7.99. The smallest absolute Gasteiger partial charge is 0.319 e. The molecule has 0 aromatic heterocycles. The zero-order chi connectivity index (χ0) is 14.9. The molecule has 0 radical (unpaired) electrons. The van der Waals surface area contributed by atoms with Gasteiger partial charge in [-0.05, 0) is 18.1 Å². The van der Waals surface area contributed by atoms with Crippen molar-refractivity contribution in [3.63, 3.8) is 0 Å². The van der Waals surface area contributed by atoms with Crippen molar-refractivity contribution in [1.29, 1.82) is 0 Å². The molecule has 2 amide bonds. The molecule has 0 spiro atoms. The number of carbonyl (C=O) groups excluding carboxylic acids is 1. The van der Waals surface area contributed by atoms with E-state index < -0.39 is 0 Å². The molecular formula is C16H25N3OS. The number of nitrogens with one attached hydrogen (secondary N) is 2. The van der Waals surface area contributed by atoms with Crippen molar-refractivity contribution in [1.82, 2.24) is 10.2 Å². The van der Waals surface area contributed by atoms with Crippen molar-refractivity contribution in [2.24, 2.45) is 0 Å². The van der Waals surface area contributed by atoms with E-state index >= 15 is 0 Å². The lowest BCUT2D eigenvalue weighted by atomic mass is 10.1. The van der Waals surface area contributed by atoms with Crippen LogP contribution in [0.5, 0.6) is 0 Å². The molecule has 1 heterocycles. The van der Waals surface area contributed by atoms with Gasteiger partial charge in [0.1, 0.15) is 0 Å². The fourth-order valence-corrected chi connectivity index (χ4v) is 3.30.